The van der Waals surface area contributed by atoms with Gasteiger partial charge in [-0.15, -0.1) is 0 Å². The van der Waals surface area contributed by atoms with Crippen molar-refractivity contribution in [2.75, 3.05) is 18.5 Å². The Morgan fingerprint density at radius 3 is 2.62 bits per heavy atom. The van der Waals surface area contributed by atoms with E-state index in [0.29, 0.717) is 34.8 Å². The summed E-state index contributed by atoms with van der Waals surface area (Å²) in [4.78, 5) is 21.7. The van der Waals surface area contributed by atoms with E-state index in [-0.39, 0.29) is 30.5 Å². The Morgan fingerprint density at radius 2 is 1.97 bits per heavy atom. The van der Waals surface area contributed by atoms with Crippen LogP contribution in [0.5, 0.6) is 0 Å². The van der Waals surface area contributed by atoms with Crippen LogP contribution in [0.2, 0.25) is 0 Å². The lowest BCUT2D eigenvalue weighted by Crippen LogP contribution is -2.29. The number of aromatic nitrogens is 3. The number of halogens is 1. The number of nitrogens with zero attached hydrogens (tertiary/aromatic N) is 3. The zero-order valence-corrected chi connectivity index (χ0v) is 16.1. The molecule has 0 atom stereocenters. The Bertz CT molecular complexity index is 1110. The molecule has 0 amide bonds. The van der Waals surface area contributed by atoms with Gasteiger partial charge in [0.1, 0.15) is 11.5 Å². The van der Waals surface area contributed by atoms with Crippen molar-refractivity contribution in [2.24, 2.45) is 5.92 Å². The smallest absolute Gasteiger partial charge is 0.252 e. The van der Waals surface area contributed by atoms with Gasteiger partial charge in [-0.05, 0) is 55.5 Å². The zero-order chi connectivity index (χ0) is 20.5. The van der Waals surface area contributed by atoms with Crippen LogP contribution in [-0.4, -0.2) is 44.0 Å². The molecule has 2 aromatic heterocycles. The van der Waals surface area contributed by atoms with E-state index in [9.17, 15) is 19.4 Å². The van der Waals surface area contributed by atoms with Gasteiger partial charge in [-0.3, -0.25) is 9.36 Å². The van der Waals surface area contributed by atoms with E-state index in [1.165, 1.54) is 18.2 Å². The van der Waals surface area contributed by atoms with Crippen molar-refractivity contribution in [2.45, 2.75) is 32.4 Å². The van der Waals surface area contributed by atoms with Crippen LogP contribution in [0.1, 0.15) is 18.4 Å². The van der Waals surface area contributed by atoms with Crippen LogP contribution in [0.4, 0.5) is 10.3 Å². The maximum atomic E-state index is 13.6. The molecule has 1 saturated carbocycles. The summed E-state index contributed by atoms with van der Waals surface area (Å²) < 4.78 is 15.3. The Balaban J connectivity index is 1.95. The van der Waals surface area contributed by atoms with Crippen molar-refractivity contribution < 1.29 is 14.6 Å². The first-order chi connectivity index (χ1) is 14.0. The summed E-state index contributed by atoms with van der Waals surface area (Å²) >= 11 is 0. The summed E-state index contributed by atoms with van der Waals surface area (Å²) in [5.74, 6) is 0.317. The molecule has 29 heavy (non-hydrogen) atoms. The molecule has 1 aromatic carbocycles. The van der Waals surface area contributed by atoms with Crippen LogP contribution in [0.3, 0.4) is 0 Å². The molecule has 2 heterocycles. The molecule has 0 saturated heterocycles. The topological polar surface area (TPSA) is 100 Å². The minimum absolute atomic E-state index is 0.142. The third kappa shape index (κ3) is 3.99. The molecule has 4 rings (SSSR count). The number of benzene rings is 1. The van der Waals surface area contributed by atoms with Crippen molar-refractivity contribution in [1.82, 2.24) is 14.5 Å². The lowest BCUT2D eigenvalue weighted by molar-refractivity contribution is 0.203. The molecule has 8 heteroatoms. The SMILES string of the molecule is Cc1cc(F)ccc1-c1nc(NC(CO)CO)nc2c1ccc(=O)n2CC1CC1. The number of pyridine rings is 1. The number of fused-ring (bicyclic) bond motifs is 1. The fourth-order valence-corrected chi connectivity index (χ4v) is 3.40. The minimum atomic E-state index is -0.637. The van der Waals surface area contributed by atoms with Crippen molar-refractivity contribution in [3.05, 3.63) is 52.1 Å². The monoisotopic (exact) mass is 398 g/mol. The van der Waals surface area contributed by atoms with Crippen LogP contribution in [0.15, 0.2) is 35.1 Å². The van der Waals surface area contributed by atoms with Crippen molar-refractivity contribution in [3.8, 4) is 11.3 Å². The Labute approximate surface area is 166 Å². The van der Waals surface area contributed by atoms with E-state index in [1.807, 2.05) is 0 Å². The zero-order valence-electron chi connectivity index (χ0n) is 16.1. The van der Waals surface area contributed by atoms with E-state index >= 15 is 0 Å². The van der Waals surface area contributed by atoms with Crippen molar-refractivity contribution in [1.29, 1.82) is 0 Å². The molecule has 152 valence electrons. The highest BCUT2D eigenvalue weighted by Crippen LogP contribution is 2.33. The number of aliphatic hydroxyl groups excluding tert-OH is 2. The van der Waals surface area contributed by atoms with Gasteiger partial charge in [-0.25, -0.2) is 9.37 Å². The molecule has 1 fully saturated rings. The van der Waals surface area contributed by atoms with Crippen LogP contribution >= 0.6 is 0 Å². The maximum absolute atomic E-state index is 13.6. The third-order valence-corrected chi connectivity index (χ3v) is 5.20. The van der Waals surface area contributed by atoms with Crippen LogP contribution < -0.4 is 10.9 Å². The molecule has 3 aromatic rings. The predicted molar refractivity (Wildman–Crippen MR) is 108 cm³/mol. The van der Waals surface area contributed by atoms with Gasteiger partial charge in [0.15, 0.2) is 0 Å². The highest BCUT2D eigenvalue weighted by molar-refractivity contribution is 5.92. The third-order valence-electron chi connectivity index (χ3n) is 5.20. The lowest BCUT2D eigenvalue weighted by Gasteiger charge is -2.17. The first kappa shape index (κ1) is 19.5. The summed E-state index contributed by atoms with van der Waals surface area (Å²) in [5.41, 5.74) is 2.33. The van der Waals surface area contributed by atoms with Gasteiger partial charge in [0.05, 0.1) is 24.9 Å². The largest absolute Gasteiger partial charge is 0.394 e. The first-order valence-electron chi connectivity index (χ1n) is 9.66. The summed E-state index contributed by atoms with van der Waals surface area (Å²) in [5, 5.41) is 22.4. The number of rotatable bonds is 7. The number of aryl methyl sites for hydroxylation is 1. The number of aliphatic hydroxyl groups is 2. The van der Waals surface area contributed by atoms with Gasteiger partial charge in [0.25, 0.3) is 5.56 Å². The second kappa shape index (κ2) is 7.88. The minimum Gasteiger partial charge on any atom is -0.394 e. The molecule has 0 unspecified atom stereocenters. The van der Waals surface area contributed by atoms with E-state index in [1.54, 1.807) is 23.6 Å². The van der Waals surface area contributed by atoms with Crippen LogP contribution in [0.25, 0.3) is 22.3 Å². The van der Waals surface area contributed by atoms with E-state index in [0.717, 1.165) is 18.4 Å². The van der Waals surface area contributed by atoms with Gasteiger partial charge in [0.2, 0.25) is 5.95 Å². The Morgan fingerprint density at radius 1 is 1.21 bits per heavy atom. The standard InChI is InChI=1S/C21H23FN4O3/c1-12-8-14(22)4-5-16(12)19-17-6-7-18(29)26(9-13-2-3-13)20(17)25-21(24-19)23-15(10-27)11-28/h4-8,13,15,27-28H,2-3,9-11H2,1H3,(H,23,24,25). The van der Waals surface area contributed by atoms with Gasteiger partial charge < -0.3 is 15.5 Å². The molecule has 0 bridgehead atoms. The molecule has 0 spiro atoms. The highest BCUT2D eigenvalue weighted by Gasteiger charge is 2.24. The second-order valence-corrected chi connectivity index (χ2v) is 7.52. The quantitative estimate of drug-likeness (QED) is 0.564. The Hall–Kier alpha value is -2.84. The number of hydrogen-bond acceptors (Lipinski definition) is 6. The fourth-order valence-electron chi connectivity index (χ4n) is 3.40. The molecule has 1 aliphatic rings. The van der Waals surface area contributed by atoms with Gasteiger partial charge in [-0.1, -0.05) is 0 Å². The molecule has 1 aliphatic carbocycles. The summed E-state index contributed by atoms with van der Waals surface area (Å²) in [6, 6.07) is 7.02. The summed E-state index contributed by atoms with van der Waals surface area (Å²) in [6.45, 7) is 1.78. The number of hydrogen-bond donors (Lipinski definition) is 3. The molecule has 0 aliphatic heterocycles. The number of nitrogens with one attached hydrogen (secondary N) is 1. The average Bonchev–Trinajstić information content (AvgIpc) is 3.52. The molecule has 0 radical (unpaired) electrons. The Kier molecular flexibility index (Phi) is 5.29. The van der Waals surface area contributed by atoms with Crippen LogP contribution in [-0.2, 0) is 6.54 Å². The van der Waals surface area contributed by atoms with Crippen molar-refractivity contribution in [3.63, 3.8) is 0 Å². The fraction of sp³-hybridized carbons (Fsp3) is 0.381. The molecular weight excluding hydrogens is 375 g/mol. The average molecular weight is 398 g/mol. The number of anilines is 1. The summed E-state index contributed by atoms with van der Waals surface area (Å²) in [6.07, 6.45) is 2.17. The van der Waals surface area contributed by atoms with Crippen LogP contribution in [0, 0.1) is 18.7 Å². The maximum Gasteiger partial charge on any atom is 0.252 e. The van der Waals surface area contributed by atoms with E-state index in [4.69, 9.17) is 0 Å². The van der Waals surface area contributed by atoms with E-state index < -0.39 is 6.04 Å². The highest BCUT2D eigenvalue weighted by atomic mass is 19.1. The predicted octanol–water partition coefficient (Wildman–Crippen LogP) is 2.08. The van der Waals surface area contributed by atoms with Gasteiger partial charge >= 0.3 is 0 Å². The normalized spacial score (nSPS) is 14.0. The molecule has 3 N–H and O–H groups in total. The summed E-state index contributed by atoms with van der Waals surface area (Å²) in [7, 11) is 0. The molecular formula is C21H23FN4O3. The molecule has 7 nitrogen and oxygen atoms in total. The lowest BCUT2D eigenvalue weighted by atomic mass is 10.0. The first-order valence-corrected chi connectivity index (χ1v) is 9.66. The van der Waals surface area contributed by atoms with E-state index in [2.05, 4.69) is 15.3 Å². The second-order valence-electron chi connectivity index (χ2n) is 7.52. The van der Waals surface area contributed by atoms with Gasteiger partial charge in [0, 0.05) is 23.6 Å². The van der Waals surface area contributed by atoms with Gasteiger partial charge in [-0.2, -0.15) is 4.98 Å². The van der Waals surface area contributed by atoms with Crippen molar-refractivity contribution >= 4 is 17.0 Å².